The Hall–Kier alpha value is -3.16. The highest BCUT2D eigenvalue weighted by Crippen LogP contribution is 2.20. The van der Waals surface area contributed by atoms with Crippen LogP contribution in [0, 0.1) is 6.92 Å². The van der Waals surface area contributed by atoms with Crippen molar-refractivity contribution in [3.05, 3.63) is 76.3 Å². The van der Waals surface area contributed by atoms with Crippen LogP contribution in [0.25, 0.3) is 6.08 Å². The first-order valence-electron chi connectivity index (χ1n) is 10.7. The summed E-state index contributed by atoms with van der Waals surface area (Å²) in [4.78, 5) is 21.5. The average molecular weight is 449 g/mol. The van der Waals surface area contributed by atoms with Crippen LogP contribution in [0.4, 0.5) is 11.4 Å². The summed E-state index contributed by atoms with van der Waals surface area (Å²) in [6.45, 7) is 6.60. The van der Waals surface area contributed by atoms with Gasteiger partial charge in [-0.2, -0.15) is 0 Å². The number of carbonyl (C=O) groups is 1. The lowest BCUT2D eigenvalue weighted by molar-refractivity contribution is -0.111. The number of anilines is 2. The van der Waals surface area contributed by atoms with Crippen LogP contribution in [0.3, 0.4) is 0 Å². The highest BCUT2D eigenvalue weighted by atomic mass is 32.1. The number of hydrogen-bond acceptors (Lipinski definition) is 6. The Morgan fingerprint density at radius 1 is 1.16 bits per heavy atom. The zero-order valence-electron chi connectivity index (χ0n) is 18.5. The number of ether oxygens (including phenoxy) is 1. The minimum Gasteiger partial charge on any atom is -0.487 e. The molecule has 0 bridgehead atoms. The van der Waals surface area contributed by atoms with Gasteiger partial charge in [-0.25, -0.2) is 4.98 Å². The van der Waals surface area contributed by atoms with Gasteiger partial charge in [-0.15, -0.1) is 11.3 Å². The number of nitrogens with one attached hydrogen (secondary N) is 1. The largest absolute Gasteiger partial charge is 0.487 e. The quantitative estimate of drug-likeness (QED) is 0.542. The zero-order valence-corrected chi connectivity index (χ0v) is 19.3. The van der Waals surface area contributed by atoms with Gasteiger partial charge in [0, 0.05) is 49.0 Å². The molecule has 6 nitrogen and oxygen atoms in total. The molecule has 0 saturated carbocycles. The molecule has 1 fully saturated rings. The van der Waals surface area contributed by atoms with Gasteiger partial charge in [-0.3, -0.25) is 4.79 Å². The summed E-state index contributed by atoms with van der Waals surface area (Å²) in [5.41, 5.74) is 3.80. The number of likely N-dealkylation sites (N-methyl/N-ethyl adjacent to an activating group) is 1. The lowest BCUT2D eigenvalue weighted by atomic mass is 10.2. The maximum Gasteiger partial charge on any atom is 0.248 e. The molecule has 0 aliphatic carbocycles. The molecular weight excluding hydrogens is 420 g/mol. The van der Waals surface area contributed by atoms with E-state index in [0.717, 1.165) is 53.9 Å². The number of hydrogen-bond donors (Lipinski definition) is 1. The van der Waals surface area contributed by atoms with E-state index in [0.29, 0.717) is 6.61 Å². The fourth-order valence-corrected chi connectivity index (χ4v) is 4.11. The molecule has 0 radical (unpaired) electrons. The average Bonchev–Trinajstić information content (AvgIpc) is 3.23. The van der Waals surface area contributed by atoms with E-state index < -0.39 is 0 Å². The number of piperazine rings is 1. The van der Waals surface area contributed by atoms with Crippen LogP contribution in [0.2, 0.25) is 0 Å². The predicted octanol–water partition coefficient (Wildman–Crippen LogP) is 4.43. The maximum absolute atomic E-state index is 12.4. The van der Waals surface area contributed by atoms with E-state index in [-0.39, 0.29) is 5.91 Å². The summed E-state index contributed by atoms with van der Waals surface area (Å²) in [7, 11) is 2.15. The number of aromatic nitrogens is 1. The van der Waals surface area contributed by atoms with Crippen LogP contribution >= 0.6 is 11.3 Å². The van der Waals surface area contributed by atoms with Crippen LogP contribution in [0.5, 0.6) is 5.75 Å². The first-order valence-corrected chi connectivity index (χ1v) is 11.6. The molecule has 0 atom stereocenters. The van der Waals surface area contributed by atoms with E-state index in [4.69, 9.17) is 4.74 Å². The SMILES string of the molecule is Cc1nc(COc2cccc(/C=C/C(=O)Nc3ccc(N4CCN(C)CC4)cc3)c2)cs1. The van der Waals surface area contributed by atoms with Crippen molar-refractivity contribution in [2.24, 2.45) is 0 Å². The minimum absolute atomic E-state index is 0.165. The topological polar surface area (TPSA) is 57.7 Å². The van der Waals surface area contributed by atoms with Crippen LogP contribution in [-0.2, 0) is 11.4 Å². The van der Waals surface area contributed by atoms with Crippen LogP contribution in [0.1, 0.15) is 16.3 Å². The Balaban J connectivity index is 1.29. The van der Waals surface area contributed by atoms with Gasteiger partial charge in [-0.05, 0) is 62.0 Å². The fraction of sp³-hybridized carbons (Fsp3) is 0.280. The minimum atomic E-state index is -0.165. The molecule has 1 N–H and O–H groups in total. The molecule has 2 aromatic carbocycles. The Bertz CT molecular complexity index is 1070. The molecule has 4 rings (SSSR count). The van der Waals surface area contributed by atoms with Gasteiger partial charge in [0.2, 0.25) is 5.91 Å². The van der Waals surface area contributed by atoms with E-state index in [1.165, 1.54) is 11.8 Å². The Morgan fingerprint density at radius 2 is 1.94 bits per heavy atom. The number of amides is 1. The van der Waals surface area contributed by atoms with Crippen molar-refractivity contribution in [3.63, 3.8) is 0 Å². The van der Waals surface area contributed by atoms with Gasteiger partial charge in [0.05, 0.1) is 10.7 Å². The number of benzene rings is 2. The number of aryl methyl sites for hydroxylation is 1. The molecule has 1 saturated heterocycles. The van der Waals surface area contributed by atoms with Gasteiger partial charge >= 0.3 is 0 Å². The molecule has 1 aliphatic heterocycles. The summed E-state index contributed by atoms with van der Waals surface area (Å²) in [5, 5.41) is 5.95. The summed E-state index contributed by atoms with van der Waals surface area (Å²) < 4.78 is 5.82. The molecule has 1 aromatic heterocycles. The Kier molecular flexibility index (Phi) is 7.19. The summed E-state index contributed by atoms with van der Waals surface area (Å²) in [6.07, 6.45) is 3.32. The molecule has 32 heavy (non-hydrogen) atoms. The Labute approximate surface area is 193 Å². The van der Waals surface area contributed by atoms with E-state index in [2.05, 4.69) is 39.3 Å². The number of rotatable bonds is 7. The lowest BCUT2D eigenvalue weighted by Crippen LogP contribution is -2.44. The third kappa shape index (κ3) is 6.18. The van der Waals surface area contributed by atoms with Gasteiger partial charge in [0.1, 0.15) is 12.4 Å². The predicted molar refractivity (Wildman–Crippen MR) is 131 cm³/mol. The van der Waals surface area contributed by atoms with Gasteiger partial charge in [0.15, 0.2) is 0 Å². The molecule has 166 valence electrons. The van der Waals surface area contributed by atoms with Gasteiger partial charge in [0.25, 0.3) is 0 Å². The van der Waals surface area contributed by atoms with Crippen molar-refractivity contribution in [1.82, 2.24) is 9.88 Å². The number of carbonyl (C=O) groups excluding carboxylic acids is 1. The molecule has 0 unspecified atom stereocenters. The van der Waals surface area contributed by atoms with Gasteiger partial charge in [-0.1, -0.05) is 12.1 Å². The van der Waals surface area contributed by atoms with Crippen LogP contribution < -0.4 is 15.0 Å². The van der Waals surface area contributed by atoms with E-state index in [9.17, 15) is 4.79 Å². The lowest BCUT2D eigenvalue weighted by Gasteiger charge is -2.34. The van der Waals surface area contributed by atoms with E-state index >= 15 is 0 Å². The molecule has 1 amide bonds. The molecule has 3 aromatic rings. The van der Waals surface area contributed by atoms with Crippen molar-refractivity contribution in [1.29, 1.82) is 0 Å². The summed E-state index contributed by atoms with van der Waals surface area (Å²) in [6, 6.07) is 15.7. The highest BCUT2D eigenvalue weighted by Gasteiger charge is 2.14. The molecular formula is C25H28N4O2S. The first kappa shape index (κ1) is 22.0. The normalized spacial score (nSPS) is 14.6. The summed E-state index contributed by atoms with van der Waals surface area (Å²) >= 11 is 1.61. The van der Waals surface area contributed by atoms with E-state index in [1.54, 1.807) is 17.4 Å². The van der Waals surface area contributed by atoms with Crippen molar-refractivity contribution in [3.8, 4) is 5.75 Å². The zero-order chi connectivity index (χ0) is 22.3. The number of thiazole rings is 1. The first-order chi connectivity index (χ1) is 15.5. The smallest absolute Gasteiger partial charge is 0.248 e. The summed E-state index contributed by atoms with van der Waals surface area (Å²) in [5.74, 6) is 0.583. The van der Waals surface area contributed by atoms with Crippen LogP contribution in [-0.4, -0.2) is 49.0 Å². The second kappa shape index (κ2) is 10.4. The fourth-order valence-electron chi connectivity index (χ4n) is 3.52. The second-order valence-corrected chi connectivity index (χ2v) is 8.94. The Morgan fingerprint density at radius 3 is 2.66 bits per heavy atom. The van der Waals surface area contributed by atoms with E-state index in [1.807, 2.05) is 48.7 Å². The second-order valence-electron chi connectivity index (χ2n) is 7.88. The molecule has 0 spiro atoms. The van der Waals surface area contributed by atoms with Crippen molar-refractivity contribution in [2.45, 2.75) is 13.5 Å². The highest BCUT2D eigenvalue weighted by molar-refractivity contribution is 7.09. The molecule has 1 aliphatic rings. The van der Waals surface area contributed by atoms with Crippen molar-refractivity contribution < 1.29 is 9.53 Å². The van der Waals surface area contributed by atoms with Gasteiger partial charge < -0.3 is 19.9 Å². The third-order valence-corrected chi connectivity index (χ3v) is 6.16. The van der Waals surface area contributed by atoms with Crippen molar-refractivity contribution in [2.75, 3.05) is 43.4 Å². The van der Waals surface area contributed by atoms with Crippen LogP contribution in [0.15, 0.2) is 60.0 Å². The maximum atomic E-state index is 12.4. The number of nitrogens with zero attached hydrogens (tertiary/aromatic N) is 3. The molecule has 7 heteroatoms. The monoisotopic (exact) mass is 448 g/mol. The third-order valence-electron chi connectivity index (χ3n) is 5.34. The molecule has 2 heterocycles. The standard InChI is InChI=1S/C25H28N4O2S/c1-19-26-22(18-32-19)17-31-24-5-3-4-20(16-24)6-11-25(30)27-21-7-9-23(10-8-21)29-14-12-28(2)13-15-29/h3-11,16,18H,12-15,17H2,1-2H3,(H,27,30)/b11-6+. The van der Waals surface area contributed by atoms with Crippen molar-refractivity contribution >= 4 is 34.7 Å².